The fourth-order valence-electron chi connectivity index (χ4n) is 3.13. The third-order valence-electron chi connectivity index (χ3n) is 4.56. The molecule has 154 valence electrons. The molecule has 1 fully saturated rings. The lowest BCUT2D eigenvalue weighted by Crippen LogP contribution is -2.37. The zero-order valence-corrected chi connectivity index (χ0v) is 16.4. The summed E-state index contributed by atoms with van der Waals surface area (Å²) in [4.78, 5) is 22.3. The molecule has 0 atom stereocenters. The van der Waals surface area contributed by atoms with Crippen molar-refractivity contribution in [2.75, 3.05) is 36.5 Å². The Labute approximate surface area is 172 Å². The number of H-pyrrole nitrogens is 1. The summed E-state index contributed by atoms with van der Waals surface area (Å²) in [5.41, 5.74) is 1.55. The van der Waals surface area contributed by atoms with Crippen LogP contribution in [-0.2, 0) is 4.74 Å². The largest absolute Gasteiger partial charge is 0.378 e. The van der Waals surface area contributed by atoms with E-state index in [1.54, 1.807) is 12.1 Å². The Bertz CT molecular complexity index is 1060. The normalized spacial score (nSPS) is 14.2. The first-order valence-electron chi connectivity index (χ1n) is 9.51. The number of rotatable bonds is 6. The van der Waals surface area contributed by atoms with Gasteiger partial charge in [-0.15, -0.1) is 0 Å². The Balaban J connectivity index is 1.78. The molecule has 0 saturated carbocycles. The van der Waals surface area contributed by atoms with Gasteiger partial charge in [-0.1, -0.05) is 36.4 Å². The molecule has 2 N–H and O–H groups in total. The number of aromatic nitrogens is 4. The van der Waals surface area contributed by atoms with E-state index in [4.69, 9.17) is 4.74 Å². The summed E-state index contributed by atoms with van der Waals surface area (Å²) in [6, 6.07) is 11.5. The Morgan fingerprint density at radius 2 is 1.97 bits per heavy atom. The van der Waals surface area contributed by atoms with Crippen molar-refractivity contribution in [3.8, 4) is 0 Å². The first-order chi connectivity index (χ1) is 14.6. The van der Waals surface area contributed by atoms with Gasteiger partial charge in [0.1, 0.15) is 5.82 Å². The number of hydrogen-bond acceptors (Lipinski definition) is 8. The highest BCUT2D eigenvalue weighted by molar-refractivity contribution is 5.77. The molecule has 0 amide bonds. The number of morpholine rings is 1. The molecule has 3 heterocycles. The zero-order chi connectivity index (χ0) is 20.9. The minimum atomic E-state index is -0.457. The fourth-order valence-corrected chi connectivity index (χ4v) is 3.13. The van der Waals surface area contributed by atoms with Crippen molar-refractivity contribution in [2.45, 2.75) is 6.92 Å². The molecule has 1 aromatic carbocycles. The van der Waals surface area contributed by atoms with Gasteiger partial charge < -0.3 is 15.0 Å². The van der Waals surface area contributed by atoms with Gasteiger partial charge in [0.05, 0.1) is 23.8 Å². The van der Waals surface area contributed by atoms with Crippen LogP contribution < -0.4 is 10.2 Å². The van der Waals surface area contributed by atoms with Gasteiger partial charge in [0.15, 0.2) is 5.82 Å². The molecule has 1 aliphatic rings. The minimum absolute atomic E-state index is 0.104. The summed E-state index contributed by atoms with van der Waals surface area (Å²) in [5, 5.41) is 21.8. The molecular weight excluding hydrogens is 386 g/mol. The van der Waals surface area contributed by atoms with Gasteiger partial charge >= 0.3 is 5.69 Å². The lowest BCUT2D eigenvalue weighted by Gasteiger charge is -2.27. The number of nitrogens with zero attached hydrogens (tertiary/aromatic N) is 5. The minimum Gasteiger partial charge on any atom is -0.378 e. The number of aryl methyl sites for hydroxylation is 1. The number of ether oxygens (including phenoxy) is 1. The predicted molar refractivity (Wildman–Crippen MR) is 114 cm³/mol. The van der Waals surface area contributed by atoms with Gasteiger partial charge in [-0.05, 0) is 18.6 Å². The van der Waals surface area contributed by atoms with Crippen LogP contribution in [0, 0.1) is 17.0 Å². The van der Waals surface area contributed by atoms with Crippen LogP contribution in [-0.4, -0.2) is 51.4 Å². The lowest BCUT2D eigenvalue weighted by atomic mass is 10.2. The smallest absolute Gasteiger partial charge is 0.353 e. The van der Waals surface area contributed by atoms with E-state index in [0.29, 0.717) is 37.9 Å². The molecule has 0 radical (unpaired) electrons. The van der Waals surface area contributed by atoms with E-state index in [1.165, 1.54) is 0 Å². The molecule has 10 heteroatoms. The van der Waals surface area contributed by atoms with E-state index in [1.807, 2.05) is 48.2 Å². The predicted octanol–water partition coefficient (Wildman–Crippen LogP) is 3.17. The van der Waals surface area contributed by atoms with E-state index < -0.39 is 4.92 Å². The average molecular weight is 407 g/mol. The fraction of sp³-hybridized carbons (Fsp3) is 0.250. The highest BCUT2D eigenvalue weighted by Crippen LogP contribution is 2.35. The Morgan fingerprint density at radius 1 is 1.20 bits per heavy atom. The van der Waals surface area contributed by atoms with Crippen LogP contribution in [0.1, 0.15) is 17.1 Å². The zero-order valence-electron chi connectivity index (χ0n) is 16.4. The second kappa shape index (κ2) is 8.70. The Morgan fingerprint density at radius 3 is 2.63 bits per heavy atom. The molecule has 0 bridgehead atoms. The highest BCUT2D eigenvalue weighted by Gasteiger charge is 2.29. The molecule has 10 nitrogen and oxygen atoms in total. The monoisotopic (exact) mass is 407 g/mol. The standard InChI is InChI=1S/C20H21N7O3/c1-14-13-17(25-24-14)22-19-18(27(28)29)20(26-9-11-30-12-10-26)23-16(21-19)8-7-15-5-3-2-4-6-15/h2-8,13H,9-12H2,1H3,(H2,21,22,23,24,25). The van der Waals surface area contributed by atoms with Crippen molar-refractivity contribution in [3.63, 3.8) is 0 Å². The summed E-state index contributed by atoms with van der Waals surface area (Å²) in [5.74, 6) is 1.25. The number of anilines is 3. The van der Waals surface area contributed by atoms with Crippen LogP contribution in [0.25, 0.3) is 12.2 Å². The van der Waals surface area contributed by atoms with Crippen LogP contribution in [0.4, 0.5) is 23.1 Å². The lowest BCUT2D eigenvalue weighted by molar-refractivity contribution is -0.383. The second-order valence-corrected chi connectivity index (χ2v) is 6.75. The van der Waals surface area contributed by atoms with Gasteiger partial charge in [0.2, 0.25) is 11.6 Å². The van der Waals surface area contributed by atoms with Crippen LogP contribution in [0.3, 0.4) is 0 Å². The number of nitrogens with one attached hydrogen (secondary N) is 2. The average Bonchev–Trinajstić information content (AvgIpc) is 3.17. The molecule has 0 spiro atoms. The van der Waals surface area contributed by atoms with E-state index >= 15 is 0 Å². The van der Waals surface area contributed by atoms with Crippen LogP contribution in [0.2, 0.25) is 0 Å². The second-order valence-electron chi connectivity index (χ2n) is 6.75. The molecule has 30 heavy (non-hydrogen) atoms. The van der Waals surface area contributed by atoms with Gasteiger partial charge in [0, 0.05) is 19.2 Å². The molecule has 4 rings (SSSR count). The topological polar surface area (TPSA) is 122 Å². The first kappa shape index (κ1) is 19.5. The van der Waals surface area contributed by atoms with Crippen molar-refractivity contribution in [1.82, 2.24) is 20.2 Å². The molecule has 0 aliphatic carbocycles. The SMILES string of the molecule is Cc1cc(Nc2nc(C=Cc3ccccc3)nc(N3CCOCC3)c2[N+](=O)[O-])[nH]n1. The number of benzene rings is 1. The van der Waals surface area contributed by atoms with Crippen molar-refractivity contribution >= 4 is 35.3 Å². The molecule has 3 aromatic rings. The maximum absolute atomic E-state index is 12.0. The Hall–Kier alpha value is -3.79. The Kier molecular flexibility index (Phi) is 5.66. The number of nitro groups is 1. The summed E-state index contributed by atoms with van der Waals surface area (Å²) in [7, 11) is 0. The maximum Gasteiger partial charge on any atom is 0.353 e. The summed E-state index contributed by atoms with van der Waals surface area (Å²) < 4.78 is 5.39. The molecule has 0 unspecified atom stereocenters. The molecule has 2 aromatic heterocycles. The number of aromatic amines is 1. The van der Waals surface area contributed by atoms with Crippen molar-refractivity contribution in [1.29, 1.82) is 0 Å². The van der Waals surface area contributed by atoms with Gasteiger partial charge in [-0.2, -0.15) is 5.10 Å². The third kappa shape index (κ3) is 4.44. The van der Waals surface area contributed by atoms with Crippen molar-refractivity contribution in [2.24, 2.45) is 0 Å². The van der Waals surface area contributed by atoms with Gasteiger partial charge in [-0.3, -0.25) is 15.2 Å². The quantitative estimate of drug-likeness (QED) is 0.472. The van der Waals surface area contributed by atoms with Crippen LogP contribution in [0.15, 0.2) is 36.4 Å². The van der Waals surface area contributed by atoms with Gasteiger partial charge in [0.25, 0.3) is 0 Å². The van der Waals surface area contributed by atoms with Crippen LogP contribution in [0.5, 0.6) is 0 Å². The summed E-state index contributed by atoms with van der Waals surface area (Å²) >= 11 is 0. The molecule has 1 aliphatic heterocycles. The third-order valence-corrected chi connectivity index (χ3v) is 4.56. The first-order valence-corrected chi connectivity index (χ1v) is 9.51. The van der Waals surface area contributed by atoms with E-state index in [0.717, 1.165) is 11.3 Å². The molecular formula is C20H21N7O3. The van der Waals surface area contributed by atoms with E-state index in [-0.39, 0.29) is 17.3 Å². The van der Waals surface area contributed by atoms with Crippen LogP contribution >= 0.6 is 0 Å². The van der Waals surface area contributed by atoms with Gasteiger partial charge in [-0.25, -0.2) is 9.97 Å². The van der Waals surface area contributed by atoms with Crippen molar-refractivity contribution in [3.05, 3.63) is 63.6 Å². The summed E-state index contributed by atoms with van der Waals surface area (Å²) in [6.45, 7) is 3.82. The van der Waals surface area contributed by atoms with Crippen molar-refractivity contribution < 1.29 is 9.66 Å². The number of hydrogen-bond donors (Lipinski definition) is 2. The van der Waals surface area contributed by atoms with E-state index in [9.17, 15) is 10.1 Å². The van der Waals surface area contributed by atoms with E-state index in [2.05, 4.69) is 25.5 Å². The highest BCUT2D eigenvalue weighted by atomic mass is 16.6. The maximum atomic E-state index is 12.0. The summed E-state index contributed by atoms with van der Waals surface area (Å²) in [6.07, 6.45) is 3.61. The molecule has 1 saturated heterocycles.